The number of aromatic nitrogens is 3. The predicted molar refractivity (Wildman–Crippen MR) is 138 cm³/mol. The normalized spacial score (nSPS) is 17.0. The number of thioether (sulfide) groups is 1. The van der Waals surface area contributed by atoms with Gasteiger partial charge in [-0.1, -0.05) is 65.0 Å². The first kappa shape index (κ1) is 24.0. The maximum atomic E-state index is 13.2. The number of rotatable bonds is 6. The Hall–Kier alpha value is -3.73. The molecule has 2 aromatic carbocycles. The largest absolute Gasteiger partial charge is 0.508 e. The van der Waals surface area contributed by atoms with E-state index in [1.165, 1.54) is 53.3 Å². The van der Waals surface area contributed by atoms with E-state index in [1.54, 1.807) is 18.2 Å². The minimum absolute atomic E-state index is 0.0461. The van der Waals surface area contributed by atoms with Gasteiger partial charge in [-0.25, -0.2) is 0 Å². The lowest BCUT2D eigenvalue weighted by Gasteiger charge is -2.22. The maximum Gasteiger partial charge on any atom is 0.301 e. The van der Waals surface area contributed by atoms with Gasteiger partial charge in [0.15, 0.2) is 4.34 Å². The highest BCUT2D eigenvalue weighted by atomic mass is 35.5. The average Bonchev–Trinajstić information content (AvgIpc) is 3.46. The molecule has 8 nitrogen and oxygen atoms in total. The van der Waals surface area contributed by atoms with Crippen LogP contribution in [-0.2, 0) is 15.3 Å². The lowest BCUT2D eigenvalue weighted by molar-refractivity contribution is -0.132. The third kappa shape index (κ3) is 4.58. The molecule has 180 valence electrons. The quantitative estimate of drug-likeness (QED) is 0.113. The van der Waals surface area contributed by atoms with E-state index in [1.807, 2.05) is 18.2 Å². The van der Waals surface area contributed by atoms with E-state index < -0.39 is 17.7 Å². The number of amides is 1. The number of carbonyl (C=O) groups is 2. The van der Waals surface area contributed by atoms with Crippen LogP contribution in [0.4, 0.5) is 5.13 Å². The van der Waals surface area contributed by atoms with Gasteiger partial charge in [0.2, 0.25) is 5.13 Å². The van der Waals surface area contributed by atoms with Gasteiger partial charge in [0.25, 0.3) is 5.78 Å². The molecule has 3 heterocycles. The molecule has 0 saturated carbocycles. The number of ketones is 1. The van der Waals surface area contributed by atoms with Crippen molar-refractivity contribution in [2.24, 2.45) is 0 Å². The lowest BCUT2D eigenvalue weighted by atomic mass is 9.95. The number of anilines is 1. The van der Waals surface area contributed by atoms with Crippen molar-refractivity contribution in [2.75, 3.05) is 4.90 Å². The van der Waals surface area contributed by atoms with Gasteiger partial charge in [-0.05, 0) is 41.5 Å². The third-order valence-electron chi connectivity index (χ3n) is 5.49. The first-order chi connectivity index (χ1) is 17.4. The highest BCUT2D eigenvalue weighted by Gasteiger charge is 2.48. The van der Waals surface area contributed by atoms with Crippen LogP contribution in [0.1, 0.15) is 22.7 Å². The summed E-state index contributed by atoms with van der Waals surface area (Å²) in [4.78, 5) is 31.5. The molecular formula is C25H17ClN4O4S2. The number of phenols is 1. The van der Waals surface area contributed by atoms with Crippen LogP contribution in [0.3, 0.4) is 0 Å². The fraction of sp³-hybridized carbons (Fsp3) is 0.0800. The van der Waals surface area contributed by atoms with E-state index in [2.05, 4.69) is 15.2 Å². The summed E-state index contributed by atoms with van der Waals surface area (Å²) in [6.45, 7) is 0. The molecule has 11 heteroatoms. The van der Waals surface area contributed by atoms with Crippen molar-refractivity contribution in [3.05, 3.63) is 100 Å². The Kier molecular flexibility index (Phi) is 6.73. The van der Waals surface area contributed by atoms with Crippen LogP contribution in [0, 0.1) is 0 Å². The highest BCUT2D eigenvalue weighted by molar-refractivity contribution is 8.00. The monoisotopic (exact) mass is 536 g/mol. The van der Waals surface area contributed by atoms with E-state index in [0.717, 1.165) is 16.9 Å². The fourth-order valence-corrected chi connectivity index (χ4v) is 5.97. The molecule has 4 aromatic rings. The van der Waals surface area contributed by atoms with E-state index in [4.69, 9.17) is 11.6 Å². The van der Waals surface area contributed by atoms with Gasteiger partial charge in [-0.3, -0.25) is 19.5 Å². The molecular weight excluding hydrogens is 520 g/mol. The van der Waals surface area contributed by atoms with Gasteiger partial charge >= 0.3 is 5.91 Å². The zero-order valence-corrected chi connectivity index (χ0v) is 20.8. The van der Waals surface area contributed by atoms with Crippen molar-refractivity contribution in [1.29, 1.82) is 0 Å². The zero-order chi connectivity index (χ0) is 25.2. The number of phenolic OH excluding ortho intramolecular Hbond substituents is 1. The number of aromatic hydroxyl groups is 1. The molecule has 2 N–H and O–H groups in total. The predicted octanol–water partition coefficient (Wildman–Crippen LogP) is 5.21. The van der Waals surface area contributed by atoms with E-state index >= 15 is 0 Å². The van der Waals surface area contributed by atoms with Crippen molar-refractivity contribution in [2.45, 2.75) is 16.1 Å². The van der Waals surface area contributed by atoms with Gasteiger partial charge < -0.3 is 10.2 Å². The topological polar surface area (TPSA) is 117 Å². The molecule has 0 aliphatic carbocycles. The smallest absolute Gasteiger partial charge is 0.301 e. The Balaban J connectivity index is 1.54. The number of carbonyl (C=O) groups excluding carboxylic acids is 2. The summed E-state index contributed by atoms with van der Waals surface area (Å²) in [5, 5.41) is 30.3. The zero-order valence-electron chi connectivity index (χ0n) is 18.4. The molecule has 0 bridgehead atoms. The number of aliphatic hydroxyl groups excluding tert-OH is 1. The fourth-order valence-electron chi connectivity index (χ4n) is 3.82. The molecule has 1 fully saturated rings. The summed E-state index contributed by atoms with van der Waals surface area (Å²) in [6, 6.07) is 15.7. The van der Waals surface area contributed by atoms with Crippen LogP contribution in [0.15, 0.2) is 83.0 Å². The molecule has 1 aliphatic heterocycles. The van der Waals surface area contributed by atoms with Crippen LogP contribution >= 0.6 is 34.7 Å². The van der Waals surface area contributed by atoms with Crippen molar-refractivity contribution in [1.82, 2.24) is 15.2 Å². The minimum atomic E-state index is -1.01. The van der Waals surface area contributed by atoms with Crippen LogP contribution in [0.2, 0.25) is 5.02 Å². The second kappa shape index (κ2) is 10.1. The first-order valence-corrected chi connectivity index (χ1v) is 12.8. The summed E-state index contributed by atoms with van der Waals surface area (Å²) in [5.41, 5.74) is 1.59. The standard InChI is InChI=1S/C25H17ClN4O4S2/c26-18-7-2-1-4-16(18)13-35-25-29-28-24(36-25)30-20(15-5-3-6-17(31)12-15)19(22(33)23(30)34)21(32)14-8-10-27-11-9-14/h1-12,20,31-32H,13H2/b21-19+. The number of halogens is 1. The SMILES string of the molecule is O=C1C(=O)N(c2nnc(SCc3ccccc3Cl)s2)C(c2cccc(O)c2)/C1=C(\O)c1ccncc1. The molecule has 0 radical (unpaired) electrons. The molecule has 1 amide bonds. The van der Waals surface area contributed by atoms with Crippen LogP contribution < -0.4 is 4.90 Å². The van der Waals surface area contributed by atoms with E-state index in [0.29, 0.717) is 26.2 Å². The van der Waals surface area contributed by atoms with Crippen molar-refractivity contribution in [3.63, 3.8) is 0 Å². The number of aliphatic hydroxyl groups is 1. The molecule has 1 atom stereocenters. The Morgan fingerprint density at radius 2 is 1.83 bits per heavy atom. The van der Waals surface area contributed by atoms with Gasteiger partial charge in [0.05, 0.1) is 11.6 Å². The summed E-state index contributed by atoms with van der Waals surface area (Å²) >= 11 is 8.79. The maximum absolute atomic E-state index is 13.2. The summed E-state index contributed by atoms with van der Waals surface area (Å²) in [7, 11) is 0. The summed E-state index contributed by atoms with van der Waals surface area (Å²) < 4.78 is 0.579. The van der Waals surface area contributed by atoms with Gasteiger partial charge in [-0.2, -0.15) is 0 Å². The molecule has 2 aromatic heterocycles. The molecule has 36 heavy (non-hydrogen) atoms. The number of hydrogen-bond donors (Lipinski definition) is 2. The molecule has 1 unspecified atom stereocenters. The Labute approximate surface area is 218 Å². The minimum Gasteiger partial charge on any atom is -0.508 e. The second-order valence-corrected chi connectivity index (χ2v) is 10.3. The molecule has 1 saturated heterocycles. The third-order valence-corrected chi connectivity index (χ3v) is 7.97. The summed E-state index contributed by atoms with van der Waals surface area (Å²) in [5.74, 6) is -1.55. The number of pyridine rings is 1. The number of benzene rings is 2. The van der Waals surface area contributed by atoms with Crippen molar-refractivity contribution < 1.29 is 19.8 Å². The average molecular weight is 537 g/mol. The van der Waals surface area contributed by atoms with Crippen molar-refractivity contribution >= 4 is 57.3 Å². The molecule has 5 rings (SSSR count). The summed E-state index contributed by atoms with van der Waals surface area (Å²) in [6.07, 6.45) is 2.95. The van der Waals surface area contributed by atoms with Crippen LogP contribution in [0.5, 0.6) is 5.75 Å². The first-order valence-electron chi connectivity index (χ1n) is 10.6. The van der Waals surface area contributed by atoms with Gasteiger partial charge in [0.1, 0.15) is 11.5 Å². The molecule has 0 spiro atoms. The van der Waals surface area contributed by atoms with E-state index in [9.17, 15) is 19.8 Å². The number of hydrogen-bond acceptors (Lipinski definition) is 9. The Morgan fingerprint density at radius 3 is 2.58 bits per heavy atom. The lowest BCUT2D eigenvalue weighted by Crippen LogP contribution is -2.29. The highest BCUT2D eigenvalue weighted by Crippen LogP contribution is 2.44. The van der Waals surface area contributed by atoms with Gasteiger partial charge in [-0.15, -0.1) is 10.2 Å². The second-order valence-electron chi connectivity index (χ2n) is 7.73. The molecule has 1 aliphatic rings. The number of Topliss-reactive ketones (excluding diaryl/α,β-unsaturated/α-hetero) is 1. The van der Waals surface area contributed by atoms with Gasteiger partial charge in [0, 0.05) is 28.7 Å². The Morgan fingerprint density at radius 1 is 1.06 bits per heavy atom. The number of nitrogens with zero attached hydrogens (tertiary/aromatic N) is 4. The van der Waals surface area contributed by atoms with E-state index in [-0.39, 0.29) is 22.2 Å². The Bertz CT molecular complexity index is 1490. The van der Waals surface area contributed by atoms with Crippen LogP contribution in [0.25, 0.3) is 5.76 Å². The van der Waals surface area contributed by atoms with Crippen molar-refractivity contribution in [3.8, 4) is 5.75 Å². The van der Waals surface area contributed by atoms with Crippen LogP contribution in [-0.4, -0.2) is 37.1 Å².